The molecule has 18 heavy (non-hydrogen) atoms. The van der Waals surface area contributed by atoms with Crippen molar-refractivity contribution in [2.45, 2.75) is 19.2 Å². The molecule has 0 aliphatic carbocycles. The number of alkyl halides is 3. The third kappa shape index (κ3) is 2.82. The molecule has 0 fully saturated rings. The standard InChI is InChI=1S/C12H11F3N2O/c1-8(11-5-6-16-17-11)18-10-4-2-3-9(7-10)12(13,14)15/h2-8H,1H3,(H,16,17)/t8-/m0/s1. The van der Waals surface area contributed by atoms with Crippen LogP contribution in [-0.4, -0.2) is 10.2 Å². The number of hydrogen-bond donors (Lipinski definition) is 1. The average Bonchev–Trinajstić information content (AvgIpc) is 2.81. The Morgan fingerprint density at radius 2 is 2.06 bits per heavy atom. The number of halogens is 3. The van der Waals surface area contributed by atoms with E-state index >= 15 is 0 Å². The fourth-order valence-corrected chi connectivity index (χ4v) is 1.51. The van der Waals surface area contributed by atoms with Gasteiger partial charge in [0.2, 0.25) is 0 Å². The Hall–Kier alpha value is -1.98. The lowest BCUT2D eigenvalue weighted by Gasteiger charge is -2.14. The maximum absolute atomic E-state index is 12.5. The van der Waals surface area contributed by atoms with Gasteiger partial charge in [-0.05, 0) is 31.2 Å². The molecule has 6 heteroatoms. The fourth-order valence-electron chi connectivity index (χ4n) is 1.51. The Morgan fingerprint density at radius 3 is 2.67 bits per heavy atom. The van der Waals surface area contributed by atoms with Gasteiger partial charge in [0.1, 0.15) is 11.9 Å². The van der Waals surface area contributed by atoms with Crippen LogP contribution in [0.25, 0.3) is 0 Å². The second-order valence-electron chi connectivity index (χ2n) is 3.80. The molecule has 0 saturated carbocycles. The van der Waals surface area contributed by atoms with Gasteiger partial charge in [-0.25, -0.2) is 0 Å². The zero-order valence-corrected chi connectivity index (χ0v) is 9.53. The van der Waals surface area contributed by atoms with E-state index in [0.717, 1.165) is 12.1 Å². The van der Waals surface area contributed by atoms with E-state index in [1.54, 1.807) is 19.2 Å². The SMILES string of the molecule is C[C@H](Oc1cccc(C(F)(F)F)c1)c1ccn[nH]1. The molecule has 1 N–H and O–H groups in total. The van der Waals surface area contributed by atoms with E-state index in [1.165, 1.54) is 12.1 Å². The number of aromatic amines is 1. The summed E-state index contributed by atoms with van der Waals surface area (Å²) in [4.78, 5) is 0. The van der Waals surface area contributed by atoms with Gasteiger partial charge in [-0.3, -0.25) is 5.10 Å². The van der Waals surface area contributed by atoms with Crippen molar-refractivity contribution < 1.29 is 17.9 Å². The number of nitrogens with zero attached hydrogens (tertiary/aromatic N) is 1. The van der Waals surface area contributed by atoms with Gasteiger partial charge < -0.3 is 4.74 Å². The highest BCUT2D eigenvalue weighted by atomic mass is 19.4. The predicted molar refractivity (Wildman–Crippen MR) is 59.1 cm³/mol. The number of aromatic nitrogens is 2. The number of benzene rings is 1. The molecule has 0 saturated heterocycles. The molecular weight excluding hydrogens is 245 g/mol. The summed E-state index contributed by atoms with van der Waals surface area (Å²) < 4.78 is 42.9. The summed E-state index contributed by atoms with van der Waals surface area (Å²) in [7, 11) is 0. The van der Waals surface area contributed by atoms with E-state index in [0.29, 0.717) is 5.69 Å². The minimum atomic E-state index is -4.36. The summed E-state index contributed by atoms with van der Waals surface area (Å²) in [6, 6.07) is 6.50. The normalized spacial score (nSPS) is 13.3. The van der Waals surface area contributed by atoms with Gasteiger partial charge >= 0.3 is 6.18 Å². The van der Waals surface area contributed by atoms with Crippen LogP contribution in [0.3, 0.4) is 0 Å². The summed E-state index contributed by atoms with van der Waals surface area (Å²) >= 11 is 0. The molecule has 0 bridgehead atoms. The van der Waals surface area contributed by atoms with Crippen LogP contribution in [0.5, 0.6) is 5.75 Å². The Morgan fingerprint density at radius 1 is 1.28 bits per heavy atom. The summed E-state index contributed by atoms with van der Waals surface area (Å²) in [6.45, 7) is 1.73. The van der Waals surface area contributed by atoms with Crippen LogP contribution in [0.15, 0.2) is 36.5 Å². The number of ether oxygens (including phenoxy) is 1. The molecule has 0 amide bonds. The Bertz CT molecular complexity index is 508. The molecule has 1 atom stereocenters. The van der Waals surface area contributed by atoms with E-state index in [2.05, 4.69) is 10.2 Å². The first-order valence-electron chi connectivity index (χ1n) is 5.30. The van der Waals surface area contributed by atoms with Crippen molar-refractivity contribution in [2.75, 3.05) is 0 Å². The third-order valence-electron chi connectivity index (χ3n) is 2.43. The minimum Gasteiger partial charge on any atom is -0.484 e. The van der Waals surface area contributed by atoms with Gasteiger partial charge in [-0.15, -0.1) is 0 Å². The third-order valence-corrected chi connectivity index (χ3v) is 2.43. The highest BCUT2D eigenvalue weighted by Gasteiger charge is 2.30. The van der Waals surface area contributed by atoms with Crippen molar-refractivity contribution in [3.05, 3.63) is 47.8 Å². The first kappa shape index (κ1) is 12.5. The van der Waals surface area contributed by atoms with E-state index in [9.17, 15) is 13.2 Å². The molecule has 3 nitrogen and oxygen atoms in total. The van der Waals surface area contributed by atoms with Crippen LogP contribution in [0.2, 0.25) is 0 Å². The van der Waals surface area contributed by atoms with Crippen LogP contribution in [0.1, 0.15) is 24.3 Å². The summed E-state index contributed by atoms with van der Waals surface area (Å²) in [5, 5.41) is 6.46. The number of rotatable bonds is 3. The van der Waals surface area contributed by atoms with Gasteiger partial charge in [-0.2, -0.15) is 18.3 Å². The van der Waals surface area contributed by atoms with Crippen molar-refractivity contribution in [3.8, 4) is 5.75 Å². The Labute approximate surface area is 102 Å². The fraction of sp³-hybridized carbons (Fsp3) is 0.250. The molecular formula is C12H11F3N2O. The molecule has 96 valence electrons. The first-order chi connectivity index (χ1) is 8.47. The van der Waals surface area contributed by atoms with Crippen molar-refractivity contribution in [2.24, 2.45) is 0 Å². The smallest absolute Gasteiger partial charge is 0.416 e. The predicted octanol–water partition coefficient (Wildman–Crippen LogP) is 3.57. The molecule has 2 rings (SSSR count). The summed E-state index contributed by atoms with van der Waals surface area (Å²) in [6.07, 6.45) is -3.20. The van der Waals surface area contributed by atoms with E-state index < -0.39 is 17.8 Å². The maximum atomic E-state index is 12.5. The van der Waals surface area contributed by atoms with Crippen LogP contribution in [0, 0.1) is 0 Å². The van der Waals surface area contributed by atoms with Gasteiger partial charge in [0.25, 0.3) is 0 Å². The van der Waals surface area contributed by atoms with Gasteiger partial charge in [0.15, 0.2) is 0 Å². The number of H-pyrrole nitrogens is 1. The molecule has 2 aromatic rings. The van der Waals surface area contributed by atoms with Gasteiger partial charge in [0, 0.05) is 6.20 Å². The highest BCUT2D eigenvalue weighted by Crippen LogP contribution is 2.32. The van der Waals surface area contributed by atoms with Crippen molar-refractivity contribution in [1.82, 2.24) is 10.2 Å². The summed E-state index contributed by atoms with van der Waals surface area (Å²) in [5.41, 5.74) is -0.0239. The van der Waals surface area contributed by atoms with Crippen molar-refractivity contribution in [1.29, 1.82) is 0 Å². The van der Waals surface area contributed by atoms with E-state index in [-0.39, 0.29) is 5.75 Å². The molecule has 0 spiro atoms. The molecule has 0 unspecified atom stereocenters. The second kappa shape index (κ2) is 4.72. The number of nitrogens with one attached hydrogen (secondary N) is 1. The zero-order chi connectivity index (χ0) is 13.2. The van der Waals surface area contributed by atoms with Gasteiger partial charge in [0.05, 0.1) is 11.3 Å². The monoisotopic (exact) mass is 256 g/mol. The van der Waals surface area contributed by atoms with E-state index in [1.807, 2.05) is 0 Å². The van der Waals surface area contributed by atoms with Crippen LogP contribution in [-0.2, 0) is 6.18 Å². The van der Waals surface area contributed by atoms with E-state index in [4.69, 9.17) is 4.74 Å². The first-order valence-corrected chi connectivity index (χ1v) is 5.30. The van der Waals surface area contributed by atoms with Crippen LogP contribution < -0.4 is 4.74 Å². The maximum Gasteiger partial charge on any atom is 0.416 e. The lowest BCUT2D eigenvalue weighted by Crippen LogP contribution is -2.07. The second-order valence-corrected chi connectivity index (χ2v) is 3.80. The minimum absolute atomic E-state index is 0.173. The number of hydrogen-bond acceptors (Lipinski definition) is 2. The lowest BCUT2D eigenvalue weighted by atomic mass is 10.2. The quantitative estimate of drug-likeness (QED) is 0.911. The topological polar surface area (TPSA) is 37.9 Å². The van der Waals surface area contributed by atoms with Crippen molar-refractivity contribution in [3.63, 3.8) is 0 Å². The molecule has 1 aromatic heterocycles. The molecule has 1 heterocycles. The molecule has 1 aromatic carbocycles. The Kier molecular flexibility index (Phi) is 3.27. The van der Waals surface area contributed by atoms with Gasteiger partial charge in [-0.1, -0.05) is 6.07 Å². The lowest BCUT2D eigenvalue weighted by molar-refractivity contribution is -0.137. The molecule has 0 radical (unpaired) electrons. The molecule has 0 aliphatic heterocycles. The summed E-state index contributed by atoms with van der Waals surface area (Å²) in [5.74, 6) is 0.173. The van der Waals surface area contributed by atoms with Crippen LogP contribution >= 0.6 is 0 Å². The average molecular weight is 256 g/mol. The van der Waals surface area contributed by atoms with Crippen molar-refractivity contribution >= 4 is 0 Å². The largest absolute Gasteiger partial charge is 0.484 e. The Balaban J connectivity index is 2.15. The van der Waals surface area contributed by atoms with Crippen LogP contribution in [0.4, 0.5) is 13.2 Å². The highest BCUT2D eigenvalue weighted by molar-refractivity contribution is 5.30. The molecule has 0 aliphatic rings. The zero-order valence-electron chi connectivity index (χ0n) is 9.53.